The normalized spacial score (nSPS) is 10.7. The summed E-state index contributed by atoms with van der Waals surface area (Å²) in [6.07, 6.45) is 1.59. The summed E-state index contributed by atoms with van der Waals surface area (Å²) in [6, 6.07) is 9.29. The Hall–Kier alpha value is -2.32. The van der Waals surface area contributed by atoms with Gasteiger partial charge in [0.05, 0.1) is 5.56 Å². The molecule has 8 heteroatoms. The number of nitrogens with one attached hydrogen (secondary N) is 3. The Balaban J connectivity index is 1.58. The summed E-state index contributed by atoms with van der Waals surface area (Å²) in [5, 5.41) is 0.739. The van der Waals surface area contributed by atoms with Crippen LogP contribution in [-0.4, -0.2) is 23.4 Å². The highest BCUT2D eigenvalue weighted by Crippen LogP contribution is 2.30. The average molecular weight is 495 g/mol. The second-order valence-electron chi connectivity index (χ2n) is 6.05. The lowest BCUT2D eigenvalue weighted by Gasteiger charge is -2.10. The summed E-state index contributed by atoms with van der Waals surface area (Å²) < 4.78 is 7.15. The average Bonchev–Trinajstić information content (AvgIpc) is 3.03. The van der Waals surface area contributed by atoms with Gasteiger partial charge in [0.1, 0.15) is 5.75 Å². The third-order valence-electron chi connectivity index (χ3n) is 4.13. The molecular formula is C19H17Br2N3O3. The Bertz CT molecular complexity index is 1030. The van der Waals surface area contributed by atoms with Crippen LogP contribution in [0.5, 0.6) is 5.75 Å². The molecule has 1 heterocycles. The van der Waals surface area contributed by atoms with E-state index < -0.39 is 11.8 Å². The summed E-state index contributed by atoms with van der Waals surface area (Å²) in [6.45, 7) is 3.78. The smallest absolute Gasteiger partial charge is 0.276 e. The van der Waals surface area contributed by atoms with Crippen LogP contribution < -0.4 is 15.6 Å². The van der Waals surface area contributed by atoms with Gasteiger partial charge in [0.2, 0.25) is 0 Å². The highest BCUT2D eigenvalue weighted by molar-refractivity contribution is 9.13. The number of carbonyl (C=O) groups is 2. The topological polar surface area (TPSA) is 83.2 Å². The van der Waals surface area contributed by atoms with Crippen molar-refractivity contribution < 1.29 is 14.3 Å². The molecule has 0 fully saturated rings. The first-order valence-electron chi connectivity index (χ1n) is 8.10. The Labute approximate surface area is 172 Å². The molecule has 2 amide bonds. The zero-order chi connectivity index (χ0) is 19.6. The van der Waals surface area contributed by atoms with E-state index in [-0.39, 0.29) is 6.61 Å². The van der Waals surface area contributed by atoms with Crippen LogP contribution in [-0.2, 0) is 4.79 Å². The number of aryl methyl sites for hydroxylation is 2. The zero-order valence-electron chi connectivity index (χ0n) is 14.7. The SMILES string of the molecule is Cc1ccc(OCC(=O)NNC(=O)c2c[nH]c3cc(Br)c(Br)cc23)cc1C. The van der Waals surface area contributed by atoms with E-state index in [0.717, 1.165) is 31.0 Å². The van der Waals surface area contributed by atoms with Crippen molar-refractivity contribution in [2.24, 2.45) is 0 Å². The maximum Gasteiger partial charge on any atom is 0.276 e. The van der Waals surface area contributed by atoms with E-state index in [1.165, 1.54) is 0 Å². The van der Waals surface area contributed by atoms with Gasteiger partial charge in [0, 0.05) is 26.0 Å². The number of hydrazine groups is 1. The van der Waals surface area contributed by atoms with E-state index in [1.54, 1.807) is 12.3 Å². The monoisotopic (exact) mass is 493 g/mol. The molecule has 3 N–H and O–H groups in total. The number of halogens is 2. The molecule has 6 nitrogen and oxygen atoms in total. The summed E-state index contributed by atoms with van der Waals surface area (Å²) >= 11 is 6.84. The lowest BCUT2D eigenvalue weighted by molar-refractivity contribution is -0.123. The summed E-state index contributed by atoms with van der Waals surface area (Å²) in [7, 11) is 0. The van der Waals surface area contributed by atoms with E-state index in [2.05, 4.69) is 47.7 Å². The third-order valence-corrected chi connectivity index (χ3v) is 5.98. The predicted octanol–water partition coefficient (Wildman–Crippen LogP) is 4.15. The van der Waals surface area contributed by atoms with E-state index >= 15 is 0 Å². The molecule has 0 saturated heterocycles. The van der Waals surface area contributed by atoms with Gasteiger partial charge in [-0.05, 0) is 81.1 Å². The van der Waals surface area contributed by atoms with Crippen LogP contribution in [0.15, 0.2) is 45.5 Å². The van der Waals surface area contributed by atoms with Gasteiger partial charge in [0.25, 0.3) is 11.8 Å². The van der Waals surface area contributed by atoms with Gasteiger partial charge >= 0.3 is 0 Å². The number of rotatable bonds is 4. The fourth-order valence-electron chi connectivity index (χ4n) is 2.49. The molecule has 3 aromatic rings. The predicted molar refractivity (Wildman–Crippen MR) is 111 cm³/mol. The number of H-pyrrole nitrogens is 1. The van der Waals surface area contributed by atoms with Crippen LogP contribution in [0.2, 0.25) is 0 Å². The molecule has 3 rings (SSSR count). The quantitative estimate of drug-likeness (QED) is 0.476. The number of benzene rings is 2. The van der Waals surface area contributed by atoms with E-state index in [0.29, 0.717) is 11.3 Å². The minimum absolute atomic E-state index is 0.199. The van der Waals surface area contributed by atoms with Gasteiger partial charge in [-0.15, -0.1) is 0 Å². The molecular weight excluding hydrogens is 478 g/mol. The molecule has 140 valence electrons. The van der Waals surface area contributed by atoms with Crippen LogP contribution >= 0.6 is 31.9 Å². The van der Waals surface area contributed by atoms with Crippen molar-refractivity contribution >= 4 is 54.6 Å². The Morgan fingerprint density at radius 3 is 2.52 bits per heavy atom. The van der Waals surface area contributed by atoms with Crippen LogP contribution in [0.4, 0.5) is 0 Å². The third kappa shape index (κ3) is 4.51. The fraction of sp³-hybridized carbons (Fsp3) is 0.158. The van der Waals surface area contributed by atoms with Gasteiger partial charge in [-0.25, -0.2) is 0 Å². The number of carbonyl (C=O) groups excluding carboxylic acids is 2. The van der Waals surface area contributed by atoms with Crippen molar-refractivity contribution in [1.29, 1.82) is 0 Å². The second-order valence-corrected chi connectivity index (χ2v) is 7.76. The summed E-state index contributed by atoms with van der Waals surface area (Å²) in [5.41, 5.74) is 8.22. The molecule has 0 radical (unpaired) electrons. The largest absolute Gasteiger partial charge is 0.484 e. The molecule has 0 aliphatic heterocycles. The zero-order valence-corrected chi connectivity index (χ0v) is 17.8. The first kappa shape index (κ1) is 19.4. The van der Waals surface area contributed by atoms with E-state index in [9.17, 15) is 9.59 Å². The van der Waals surface area contributed by atoms with Crippen LogP contribution in [0, 0.1) is 13.8 Å². The molecule has 0 unspecified atom stereocenters. The Kier molecular flexibility index (Phi) is 5.86. The molecule has 27 heavy (non-hydrogen) atoms. The molecule has 0 spiro atoms. The van der Waals surface area contributed by atoms with Crippen molar-refractivity contribution in [3.05, 3.63) is 62.2 Å². The molecule has 1 aromatic heterocycles. The summed E-state index contributed by atoms with van der Waals surface area (Å²) in [4.78, 5) is 27.3. The van der Waals surface area contributed by atoms with Gasteiger partial charge in [-0.1, -0.05) is 6.07 Å². The van der Waals surface area contributed by atoms with Crippen LogP contribution in [0.3, 0.4) is 0 Å². The molecule has 0 aliphatic carbocycles. The van der Waals surface area contributed by atoms with Crippen molar-refractivity contribution in [1.82, 2.24) is 15.8 Å². The standard InChI is InChI=1S/C19H17Br2N3O3/c1-10-3-4-12(5-11(10)2)27-9-18(25)23-24-19(26)14-8-22-17-7-16(21)15(20)6-13(14)17/h3-8,22H,9H2,1-2H3,(H,23,25)(H,24,26). The van der Waals surface area contributed by atoms with Gasteiger partial charge in [-0.2, -0.15) is 0 Å². The van der Waals surface area contributed by atoms with E-state index in [1.807, 2.05) is 38.1 Å². The van der Waals surface area contributed by atoms with Crippen molar-refractivity contribution in [2.45, 2.75) is 13.8 Å². The van der Waals surface area contributed by atoms with Crippen molar-refractivity contribution in [3.8, 4) is 5.75 Å². The second kappa shape index (κ2) is 8.14. The molecule has 0 aliphatic rings. The molecule has 0 saturated carbocycles. The highest BCUT2D eigenvalue weighted by atomic mass is 79.9. The van der Waals surface area contributed by atoms with Gasteiger partial charge < -0.3 is 9.72 Å². The number of fused-ring (bicyclic) bond motifs is 1. The molecule has 0 bridgehead atoms. The minimum Gasteiger partial charge on any atom is -0.484 e. The fourth-order valence-corrected chi connectivity index (χ4v) is 3.17. The number of ether oxygens (including phenoxy) is 1. The van der Waals surface area contributed by atoms with Gasteiger partial charge in [0.15, 0.2) is 6.61 Å². The van der Waals surface area contributed by atoms with Crippen LogP contribution in [0.1, 0.15) is 21.5 Å². The number of aromatic nitrogens is 1. The maximum absolute atomic E-state index is 12.4. The Morgan fingerprint density at radius 2 is 1.78 bits per heavy atom. The lowest BCUT2D eigenvalue weighted by Crippen LogP contribution is -2.43. The minimum atomic E-state index is -0.453. The maximum atomic E-state index is 12.4. The number of amides is 2. The molecule has 0 atom stereocenters. The Morgan fingerprint density at radius 1 is 1.04 bits per heavy atom. The first-order valence-corrected chi connectivity index (χ1v) is 9.69. The first-order chi connectivity index (χ1) is 12.8. The van der Waals surface area contributed by atoms with E-state index in [4.69, 9.17) is 4.74 Å². The lowest BCUT2D eigenvalue weighted by atomic mass is 10.1. The van der Waals surface area contributed by atoms with Crippen molar-refractivity contribution in [2.75, 3.05) is 6.61 Å². The number of aromatic amines is 1. The van der Waals surface area contributed by atoms with Crippen LogP contribution in [0.25, 0.3) is 10.9 Å². The summed E-state index contributed by atoms with van der Waals surface area (Å²) in [5.74, 6) is -0.271. The molecule has 2 aromatic carbocycles. The highest BCUT2D eigenvalue weighted by Gasteiger charge is 2.14. The van der Waals surface area contributed by atoms with Crippen molar-refractivity contribution in [3.63, 3.8) is 0 Å². The van der Waals surface area contributed by atoms with Gasteiger partial charge in [-0.3, -0.25) is 20.4 Å². The number of hydrogen-bond acceptors (Lipinski definition) is 3. The number of hydrogen-bond donors (Lipinski definition) is 3.